The summed E-state index contributed by atoms with van der Waals surface area (Å²) >= 11 is 0. The van der Waals surface area contributed by atoms with E-state index in [4.69, 9.17) is 4.74 Å². The average molecular weight is 500 g/mol. The van der Waals surface area contributed by atoms with Gasteiger partial charge in [0.2, 0.25) is 11.8 Å². The molecule has 0 spiro atoms. The Labute approximate surface area is 215 Å². The van der Waals surface area contributed by atoms with Gasteiger partial charge in [-0.2, -0.15) is 0 Å². The summed E-state index contributed by atoms with van der Waals surface area (Å²) in [5, 5.41) is 0. The number of hydrogen-bond acceptors (Lipinski definition) is 4. The minimum atomic E-state index is -0.270. The molecule has 7 heteroatoms. The largest absolute Gasteiger partial charge is 0.497 e. The van der Waals surface area contributed by atoms with Crippen LogP contribution < -0.4 is 9.64 Å². The zero-order valence-electron chi connectivity index (χ0n) is 20.9. The molecule has 4 rings (SSSR count). The number of methoxy groups -OCH3 is 1. The van der Waals surface area contributed by atoms with Crippen LogP contribution in [0.25, 0.3) is 0 Å². The van der Waals surface area contributed by atoms with Crippen molar-refractivity contribution in [3.63, 3.8) is 0 Å². The van der Waals surface area contributed by atoms with Crippen LogP contribution in [0.3, 0.4) is 0 Å². The highest BCUT2D eigenvalue weighted by atomic mass is 35.5. The summed E-state index contributed by atoms with van der Waals surface area (Å²) in [7, 11) is 3.41. The molecule has 2 aromatic rings. The van der Waals surface area contributed by atoms with Gasteiger partial charge >= 0.3 is 0 Å². The molecule has 1 unspecified atom stereocenters. The highest BCUT2D eigenvalue weighted by Crippen LogP contribution is 2.26. The monoisotopic (exact) mass is 499 g/mol. The highest BCUT2D eigenvalue weighted by Gasteiger charge is 2.35. The molecular formula is C28H38ClN3O3. The summed E-state index contributed by atoms with van der Waals surface area (Å²) in [6.45, 7) is 4.38. The fourth-order valence-electron chi connectivity index (χ4n) is 5.19. The first-order valence-corrected chi connectivity index (χ1v) is 12.5. The number of piperidine rings is 1. The maximum atomic E-state index is 13.4. The molecule has 2 aliphatic heterocycles. The quantitative estimate of drug-likeness (QED) is 0.517. The third-order valence-corrected chi connectivity index (χ3v) is 7.27. The fourth-order valence-corrected chi connectivity index (χ4v) is 5.19. The maximum absolute atomic E-state index is 13.4. The van der Waals surface area contributed by atoms with Crippen LogP contribution in [0.2, 0.25) is 0 Å². The number of hydrogen-bond donors (Lipinski definition) is 0. The van der Waals surface area contributed by atoms with Gasteiger partial charge in [0.15, 0.2) is 0 Å². The van der Waals surface area contributed by atoms with E-state index in [0.29, 0.717) is 19.5 Å². The summed E-state index contributed by atoms with van der Waals surface area (Å²) in [6.07, 6.45) is 4.84. The van der Waals surface area contributed by atoms with Crippen LogP contribution in [-0.2, 0) is 16.0 Å². The lowest BCUT2D eigenvalue weighted by Gasteiger charge is -2.33. The van der Waals surface area contributed by atoms with E-state index in [0.717, 1.165) is 43.4 Å². The summed E-state index contributed by atoms with van der Waals surface area (Å²) in [6, 6.07) is 18.4. The SMILES string of the molecule is COc1ccc(N(CCCN2CCC(Cc3ccccc3)CC2)C(=O)C2CC(=O)N(C)C2)cc1.Cl. The Morgan fingerprint density at radius 1 is 1.06 bits per heavy atom. The number of carbonyl (C=O) groups is 2. The lowest BCUT2D eigenvalue weighted by atomic mass is 9.90. The molecule has 2 amide bonds. The minimum Gasteiger partial charge on any atom is -0.497 e. The van der Waals surface area contributed by atoms with Crippen LogP contribution in [0.1, 0.15) is 31.2 Å². The van der Waals surface area contributed by atoms with Gasteiger partial charge in [-0.3, -0.25) is 9.59 Å². The van der Waals surface area contributed by atoms with Gasteiger partial charge < -0.3 is 19.4 Å². The molecule has 0 bridgehead atoms. The Kier molecular flexibility index (Phi) is 9.99. The van der Waals surface area contributed by atoms with E-state index in [2.05, 4.69) is 35.2 Å². The number of ether oxygens (including phenoxy) is 1. The zero-order valence-corrected chi connectivity index (χ0v) is 21.7. The first-order valence-electron chi connectivity index (χ1n) is 12.5. The summed E-state index contributed by atoms with van der Waals surface area (Å²) < 4.78 is 5.28. The topological polar surface area (TPSA) is 53.1 Å². The number of carbonyl (C=O) groups excluding carboxylic acids is 2. The average Bonchev–Trinajstić information content (AvgIpc) is 3.21. The molecule has 2 heterocycles. The summed E-state index contributed by atoms with van der Waals surface area (Å²) in [5.41, 5.74) is 2.31. The van der Waals surface area contributed by atoms with Crippen molar-refractivity contribution in [2.75, 3.05) is 51.8 Å². The Balaban J connectivity index is 0.00000342. The molecule has 6 nitrogen and oxygen atoms in total. The third kappa shape index (κ3) is 7.21. The summed E-state index contributed by atoms with van der Waals surface area (Å²) in [4.78, 5) is 31.5. The van der Waals surface area contributed by atoms with Crippen LogP contribution in [-0.4, -0.2) is 68.5 Å². The number of likely N-dealkylation sites (tertiary alicyclic amines) is 2. The number of rotatable bonds is 9. The van der Waals surface area contributed by atoms with Crippen molar-refractivity contribution < 1.29 is 14.3 Å². The smallest absolute Gasteiger partial charge is 0.232 e. The first-order chi connectivity index (χ1) is 16.5. The Bertz CT molecular complexity index is 946. The molecular weight excluding hydrogens is 462 g/mol. The lowest BCUT2D eigenvalue weighted by molar-refractivity contribution is -0.127. The predicted octanol–water partition coefficient (Wildman–Crippen LogP) is 4.27. The second-order valence-electron chi connectivity index (χ2n) is 9.69. The molecule has 2 fully saturated rings. The maximum Gasteiger partial charge on any atom is 0.232 e. The van der Waals surface area contributed by atoms with Gasteiger partial charge in [-0.15, -0.1) is 12.4 Å². The summed E-state index contributed by atoms with van der Waals surface area (Å²) in [5.74, 6) is 1.35. The van der Waals surface area contributed by atoms with Crippen LogP contribution in [0.5, 0.6) is 5.75 Å². The molecule has 0 aromatic heterocycles. The van der Waals surface area contributed by atoms with Gasteiger partial charge in [0.1, 0.15) is 5.75 Å². The van der Waals surface area contributed by atoms with Crippen molar-refractivity contribution in [3.05, 3.63) is 60.2 Å². The highest BCUT2D eigenvalue weighted by molar-refractivity contribution is 5.99. The molecule has 0 aliphatic carbocycles. The van der Waals surface area contributed by atoms with E-state index in [1.54, 1.807) is 19.1 Å². The van der Waals surface area contributed by atoms with Crippen molar-refractivity contribution >= 4 is 29.9 Å². The van der Waals surface area contributed by atoms with Crippen molar-refractivity contribution in [2.45, 2.75) is 32.1 Å². The van der Waals surface area contributed by atoms with Gasteiger partial charge in [-0.05, 0) is 81.1 Å². The van der Waals surface area contributed by atoms with Crippen molar-refractivity contribution in [3.8, 4) is 5.75 Å². The van der Waals surface area contributed by atoms with Gasteiger partial charge in [0.25, 0.3) is 0 Å². The zero-order chi connectivity index (χ0) is 23.9. The second-order valence-corrected chi connectivity index (χ2v) is 9.69. The molecule has 190 valence electrons. The lowest BCUT2D eigenvalue weighted by Crippen LogP contribution is -2.40. The molecule has 2 aromatic carbocycles. The fraction of sp³-hybridized carbons (Fsp3) is 0.500. The Morgan fingerprint density at radius 3 is 2.34 bits per heavy atom. The van der Waals surface area contributed by atoms with Crippen LogP contribution in [0.4, 0.5) is 5.69 Å². The molecule has 35 heavy (non-hydrogen) atoms. The molecule has 2 saturated heterocycles. The van der Waals surface area contributed by atoms with E-state index < -0.39 is 0 Å². The van der Waals surface area contributed by atoms with E-state index in [9.17, 15) is 9.59 Å². The molecule has 0 saturated carbocycles. The Morgan fingerprint density at radius 2 is 1.74 bits per heavy atom. The van der Waals surface area contributed by atoms with Crippen molar-refractivity contribution in [1.29, 1.82) is 0 Å². The Hall–Kier alpha value is -2.57. The van der Waals surface area contributed by atoms with Crippen LogP contribution >= 0.6 is 12.4 Å². The van der Waals surface area contributed by atoms with Gasteiger partial charge in [0.05, 0.1) is 13.0 Å². The predicted molar refractivity (Wildman–Crippen MR) is 142 cm³/mol. The molecule has 2 aliphatic rings. The first kappa shape index (κ1) is 27.0. The number of anilines is 1. The van der Waals surface area contributed by atoms with E-state index in [1.807, 2.05) is 29.2 Å². The number of amides is 2. The van der Waals surface area contributed by atoms with Gasteiger partial charge in [-0.1, -0.05) is 30.3 Å². The van der Waals surface area contributed by atoms with Crippen LogP contribution in [0.15, 0.2) is 54.6 Å². The number of halogens is 1. The van der Waals surface area contributed by atoms with Crippen molar-refractivity contribution in [1.82, 2.24) is 9.80 Å². The van der Waals surface area contributed by atoms with Gasteiger partial charge in [-0.25, -0.2) is 0 Å². The standard InChI is InChI=1S/C28H37N3O3.ClH/c1-29-21-24(20-27(29)32)28(33)31(25-9-11-26(34-2)12-10-25)16-6-15-30-17-13-23(14-18-30)19-22-7-4-3-5-8-22;/h3-5,7-12,23-24H,6,13-21H2,1-2H3;1H. The van der Waals surface area contributed by atoms with E-state index >= 15 is 0 Å². The molecule has 0 radical (unpaired) electrons. The molecule has 0 N–H and O–H groups in total. The number of nitrogens with zero attached hydrogens (tertiary/aromatic N) is 3. The van der Waals surface area contributed by atoms with E-state index in [-0.39, 0.29) is 30.1 Å². The minimum absolute atomic E-state index is 0. The van der Waals surface area contributed by atoms with E-state index in [1.165, 1.54) is 24.8 Å². The van der Waals surface area contributed by atoms with Crippen molar-refractivity contribution in [2.24, 2.45) is 11.8 Å². The number of benzene rings is 2. The third-order valence-electron chi connectivity index (χ3n) is 7.27. The van der Waals surface area contributed by atoms with Crippen LogP contribution in [0, 0.1) is 11.8 Å². The normalized spacial score (nSPS) is 18.9. The second kappa shape index (κ2) is 12.9. The molecule has 1 atom stereocenters. The van der Waals surface area contributed by atoms with Gasteiger partial charge in [0, 0.05) is 32.2 Å².